The summed E-state index contributed by atoms with van der Waals surface area (Å²) >= 11 is 0. The SMILES string of the molecule is CCNC#CCCC(=O)O. The molecule has 0 aromatic rings. The summed E-state index contributed by atoms with van der Waals surface area (Å²) in [6.45, 7) is 2.73. The van der Waals surface area contributed by atoms with Gasteiger partial charge in [0.05, 0.1) is 6.42 Å². The maximum atomic E-state index is 9.94. The topological polar surface area (TPSA) is 49.3 Å². The summed E-state index contributed by atoms with van der Waals surface area (Å²) < 4.78 is 0. The van der Waals surface area contributed by atoms with Crippen molar-refractivity contribution in [3.05, 3.63) is 0 Å². The average Bonchev–Trinajstić information content (AvgIpc) is 1.87. The molecule has 0 amide bonds. The summed E-state index contributed by atoms with van der Waals surface area (Å²) in [6, 6.07) is 2.63. The van der Waals surface area contributed by atoms with Crippen molar-refractivity contribution < 1.29 is 9.90 Å². The van der Waals surface area contributed by atoms with Gasteiger partial charge in [-0.2, -0.15) is 0 Å². The Morgan fingerprint density at radius 2 is 2.40 bits per heavy atom. The maximum Gasteiger partial charge on any atom is 0.304 e. The Bertz CT molecular complexity index is 155. The first-order valence-electron chi connectivity index (χ1n) is 3.20. The molecule has 0 saturated carbocycles. The largest absolute Gasteiger partial charge is 0.481 e. The Kier molecular flexibility index (Phi) is 5.26. The number of hydrogen-bond donors (Lipinski definition) is 2. The van der Waals surface area contributed by atoms with E-state index in [2.05, 4.69) is 17.3 Å². The van der Waals surface area contributed by atoms with Crippen LogP contribution < -0.4 is 5.32 Å². The lowest BCUT2D eigenvalue weighted by atomic mass is 10.3. The molecule has 3 nitrogen and oxygen atoms in total. The molecule has 0 aliphatic rings. The zero-order chi connectivity index (χ0) is 7.82. The van der Waals surface area contributed by atoms with Crippen molar-refractivity contribution in [2.45, 2.75) is 19.8 Å². The molecule has 0 spiro atoms. The minimum Gasteiger partial charge on any atom is -0.481 e. The minimum atomic E-state index is -0.800. The number of aliphatic carboxylic acids is 1. The smallest absolute Gasteiger partial charge is 0.304 e. The van der Waals surface area contributed by atoms with E-state index in [4.69, 9.17) is 5.11 Å². The molecule has 0 aliphatic carbocycles. The highest BCUT2D eigenvalue weighted by molar-refractivity contribution is 5.66. The second-order valence-corrected chi connectivity index (χ2v) is 1.73. The zero-order valence-corrected chi connectivity index (χ0v) is 5.98. The first-order chi connectivity index (χ1) is 4.77. The van der Waals surface area contributed by atoms with Crippen molar-refractivity contribution in [1.29, 1.82) is 0 Å². The van der Waals surface area contributed by atoms with Gasteiger partial charge in [0.2, 0.25) is 0 Å². The first kappa shape index (κ1) is 8.83. The quantitative estimate of drug-likeness (QED) is 0.442. The molecule has 56 valence electrons. The van der Waals surface area contributed by atoms with Crippen LogP contribution in [0.1, 0.15) is 19.8 Å². The molecule has 0 fully saturated rings. The summed E-state index contributed by atoms with van der Waals surface area (Å²) in [5.41, 5.74) is 0. The van der Waals surface area contributed by atoms with Gasteiger partial charge in [-0.15, -0.1) is 0 Å². The summed E-state index contributed by atoms with van der Waals surface area (Å²) in [4.78, 5) is 9.94. The van der Waals surface area contributed by atoms with E-state index in [0.29, 0.717) is 6.42 Å². The Balaban J connectivity index is 3.20. The van der Waals surface area contributed by atoms with Gasteiger partial charge >= 0.3 is 5.97 Å². The van der Waals surface area contributed by atoms with Crippen molar-refractivity contribution in [2.24, 2.45) is 0 Å². The third kappa shape index (κ3) is 6.83. The van der Waals surface area contributed by atoms with E-state index in [1.54, 1.807) is 0 Å². The predicted molar refractivity (Wildman–Crippen MR) is 38.3 cm³/mol. The van der Waals surface area contributed by atoms with Gasteiger partial charge in [-0.05, 0) is 6.92 Å². The fourth-order valence-electron chi connectivity index (χ4n) is 0.383. The van der Waals surface area contributed by atoms with Crippen LogP contribution in [-0.2, 0) is 4.79 Å². The number of carboxylic acid groups (broad SMARTS) is 1. The molecule has 0 aromatic heterocycles. The van der Waals surface area contributed by atoms with Crippen LogP contribution in [0.5, 0.6) is 0 Å². The highest BCUT2D eigenvalue weighted by atomic mass is 16.4. The van der Waals surface area contributed by atoms with E-state index in [1.807, 2.05) is 6.92 Å². The van der Waals surface area contributed by atoms with Gasteiger partial charge in [-0.25, -0.2) is 0 Å². The summed E-state index contributed by atoms with van der Waals surface area (Å²) in [6.07, 6.45) is 0.542. The summed E-state index contributed by atoms with van der Waals surface area (Å²) in [7, 11) is 0. The Labute approximate surface area is 60.4 Å². The zero-order valence-electron chi connectivity index (χ0n) is 5.98. The molecule has 0 aromatic carbocycles. The van der Waals surface area contributed by atoms with E-state index < -0.39 is 5.97 Å². The molecule has 0 saturated heterocycles. The fourth-order valence-corrected chi connectivity index (χ4v) is 0.383. The highest BCUT2D eigenvalue weighted by Gasteiger charge is 1.90. The molecular formula is C7H11NO2. The Hall–Kier alpha value is -1.17. The molecule has 0 aliphatic heterocycles. The molecule has 0 atom stereocenters. The lowest BCUT2D eigenvalue weighted by Gasteiger charge is -1.85. The van der Waals surface area contributed by atoms with Gasteiger partial charge in [0.1, 0.15) is 0 Å². The lowest BCUT2D eigenvalue weighted by molar-refractivity contribution is -0.136. The molecular weight excluding hydrogens is 130 g/mol. The van der Waals surface area contributed by atoms with Gasteiger partial charge in [-0.3, -0.25) is 4.79 Å². The third-order valence-corrected chi connectivity index (χ3v) is 0.817. The van der Waals surface area contributed by atoms with Crippen molar-refractivity contribution in [3.8, 4) is 12.0 Å². The van der Waals surface area contributed by atoms with Crippen LogP contribution in [0.2, 0.25) is 0 Å². The number of carbonyl (C=O) groups is 1. The summed E-state index contributed by atoms with van der Waals surface area (Å²) in [5.74, 6) is 1.88. The Morgan fingerprint density at radius 1 is 1.70 bits per heavy atom. The van der Waals surface area contributed by atoms with Gasteiger partial charge in [0.15, 0.2) is 0 Å². The summed E-state index contributed by atoms with van der Waals surface area (Å²) in [5, 5.41) is 10.9. The molecule has 0 rings (SSSR count). The Morgan fingerprint density at radius 3 is 2.90 bits per heavy atom. The standard InChI is InChI=1S/C7H11NO2/c1-2-8-6-4-3-5-7(9)10/h8H,2-3,5H2,1H3,(H,9,10). The van der Waals surface area contributed by atoms with E-state index in [0.717, 1.165) is 6.54 Å². The normalized spacial score (nSPS) is 7.70. The molecule has 0 radical (unpaired) electrons. The lowest BCUT2D eigenvalue weighted by Crippen LogP contribution is -2.02. The van der Waals surface area contributed by atoms with Crippen LogP contribution >= 0.6 is 0 Å². The molecule has 2 N–H and O–H groups in total. The second kappa shape index (κ2) is 5.96. The molecule has 0 unspecified atom stereocenters. The van der Waals surface area contributed by atoms with Crippen LogP contribution in [0.3, 0.4) is 0 Å². The van der Waals surface area contributed by atoms with E-state index in [9.17, 15) is 4.79 Å². The molecule has 0 heterocycles. The van der Waals surface area contributed by atoms with Crippen LogP contribution in [0.4, 0.5) is 0 Å². The second-order valence-electron chi connectivity index (χ2n) is 1.73. The van der Waals surface area contributed by atoms with Crippen LogP contribution in [0.25, 0.3) is 0 Å². The van der Waals surface area contributed by atoms with Crippen molar-refractivity contribution in [3.63, 3.8) is 0 Å². The fraction of sp³-hybridized carbons (Fsp3) is 0.571. The highest BCUT2D eigenvalue weighted by Crippen LogP contribution is 1.83. The monoisotopic (exact) mass is 141 g/mol. The van der Waals surface area contributed by atoms with E-state index >= 15 is 0 Å². The number of carboxylic acids is 1. The van der Waals surface area contributed by atoms with Crippen molar-refractivity contribution >= 4 is 5.97 Å². The van der Waals surface area contributed by atoms with Crippen LogP contribution in [-0.4, -0.2) is 17.6 Å². The predicted octanol–water partition coefficient (Wildman–Crippen LogP) is 0.422. The number of nitrogens with one attached hydrogen (secondary N) is 1. The van der Waals surface area contributed by atoms with Crippen LogP contribution in [0.15, 0.2) is 0 Å². The van der Waals surface area contributed by atoms with E-state index in [-0.39, 0.29) is 6.42 Å². The van der Waals surface area contributed by atoms with E-state index in [1.165, 1.54) is 0 Å². The molecule has 3 heteroatoms. The van der Waals surface area contributed by atoms with Gasteiger partial charge < -0.3 is 10.4 Å². The van der Waals surface area contributed by atoms with Crippen molar-refractivity contribution in [1.82, 2.24) is 5.32 Å². The first-order valence-corrected chi connectivity index (χ1v) is 3.20. The van der Waals surface area contributed by atoms with Gasteiger partial charge in [0, 0.05) is 19.0 Å². The minimum absolute atomic E-state index is 0.123. The third-order valence-electron chi connectivity index (χ3n) is 0.817. The number of rotatable bonds is 3. The maximum absolute atomic E-state index is 9.94. The average molecular weight is 141 g/mol. The number of hydrogen-bond acceptors (Lipinski definition) is 2. The van der Waals surface area contributed by atoms with Gasteiger partial charge in [-0.1, -0.05) is 5.92 Å². The van der Waals surface area contributed by atoms with Crippen LogP contribution in [0, 0.1) is 12.0 Å². The van der Waals surface area contributed by atoms with Crippen molar-refractivity contribution in [2.75, 3.05) is 6.54 Å². The molecule has 10 heavy (non-hydrogen) atoms. The van der Waals surface area contributed by atoms with Gasteiger partial charge in [0.25, 0.3) is 0 Å². The molecule has 0 bridgehead atoms.